The number of carbonyl (C=O) groups is 1. The van der Waals surface area contributed by atoms with Crippen molar-refractivity contribution in [3.8, 4) is 11.5 Å². The highest BCUT2D eigenvalue weighted by atomic mass is 16.5. The van der Waals surface area contributed by atoms with Crippen molar-refractivity contribution in [3.63, 3.8) is 0 Å². The quantitative estimate of drug-likeness (QED) is 0.543. The molecule has 6 heteroatoms. The Bertz CT molecular complexity index is 980. The van der Waals surface area contributed by atoms with E-state index >= 15 is 0 Å². The first-order valence-corrected chi connectivity index (χ1v) is 8.08. The summed E-state index contributed by atoms with van der Waals surface area (Å²) in [6.45, 7) is 0.375. The van der Waals surface area contributed by atoms with E-state index in [2.05, 4.69) is 10.1 Å². The van der Waals surface area contributed by atoms with Crippen LogP contribution in [0.15, 0.2) is 88.3 Å². The summed E-state index contributed by atoms with van der Waals surface area (Å²) in [5.41, 5.74) is 1.90. The summed E-state index contributed by atoms with van der Waals surface area (Å²) < 4.78 is 10.5. The van der Waals surface area contributed by atoms with Crippen molar-refractivity contribution in [3.05, 3.63) is 90.6 Å². The van der Waals surface area contributed by atoms with Gasteiger partial charge in [0.25, 0.3) is 5.91 Å². The molecule has 0 N–H and O–H groups in total. The number of aromatic nitrogens is 2. The first kappa shape index (κ1) is 15.8. The van der Waals surface area contributed by atoms with Crippen LogP contribution in [-0.4, -0.2) is 16.0 Å². The SMILES string of the molecule is O=C(c1cc(-c2ccco2)on1)N(Cc1cccnc1)c1ccccc1. The maximum atomic E-state index is 13.1. The van der Waals surface area contributed by atoms with Gasteiger partial charge < -0.3 is 13.8 Å². The van der Waals surface area contributed by atoms with E-state index in [0.29, 0.717) is 18.1 Å². The molecular formula is C20H15N3O3. The normalized spacial score (nSPS) is 10.6. The molecule has 0 bridgehead atoms. The van der Waals surface area contributed by atoms with Gasteiger partial charge in [-0.3, -0.25) is 9.78 Å². The summed E-state index contributed by atoms with van der Waals surface area (Å²) in [4.78, 5) is 18.8. The number of furan rings is 1. The van der Waals surface area contributed by atoms with Gasteiger partial charge in [0.15, 0.2) is 11.5 Å². The predicted octanol–water partition coefficient (Wildman–Crippen LogP) is 4.18. The lowest BCUT2D eigenvalue weighted by Gasteiger charge is -2.21. The Hall–Kier alpha value is -3.67. The topological polar surface area (TPSA) is 72.4 Å². The Labute approximate surface area is 149 Å². The van der Waals surface area contributed by atoms with E-state index in [1.165, 1.54) is 6.26 Å². The van der Waals surface area contributed by atoms with Crippen molar-refractivity contribution in [2.24, 2.45) is 0 Å². The lowest BCUT2D eigenvalue weighted by atomic mass is 10.2. The van der Waals surface area contributed by atoms with Crippen LogP contribution in [0.25, 0.3) is 11.5 Å². The molecule has 0 aliphatic heterocycles. The van der Waals surface area contributed by atoms with E-state index in [0.717, 1.165) is 11.3 Å². The molecule has 3 aromatic heterocycles. The second-order valence-corrected chi connectivity index (χ2v) is 5.64. The fourth-order valence-electron chi connectivity index (χ4n) is 2.61. The van der Waals surface area contributed by atoms with E-state index < -0.39 is 0 Å². The van der Waals surface area contributed by atoms with Gasteiger partial charge in [-0.2, -0.15) is 0 Å². The first-order valence-electron chi connectivity index (χ1n) is 8.08. The van der Waals surface area contributed by atoms with E-state index in [1.54, 1.807) is 35.5 Å². The van der Waals surface area contributed by atoms with Crippen LogP contribution in [0.3, 0.4) is 0 Å². The largest absolute Gasteiger partial charge is 0.461 e. The number of rotatable bonds is 5. The van der Waals surface area contributed by atoms with Gasteiger partial charge in [0.1, 0.15) is 0 Å². The highest BCUT2D eigenvalue weighted by Crippen LogP contribution is 2.24. The van der Waals surface area contributed by atoms with Crippen LogP contribution in [0.2, 0.25) is 0 Å². The molecule has 3 heterocycles. The van der Waals surface area contributed by atoms with E-state index in [9.17, 15) is 4.79 Å². The minimum atomic E-state index is -0.262. The summed E-state index contributed by atoms with van der Waals surface area (Å²) in [7, 11) is 0. The number of anilines is 1. The molecule has 4 rings (SSSR count). The molecule has 0 spiro atoms. The number of benzene rings is 1. The molecule has 4 aromatic rings. The minimum Gasteiger partial charge on any atom is -0.461 e. The average molecular weight is 345 g/mol. The summed E-state index contributed by atoms with van der Waals surface area (Å²) >= 11 is 0. The third-order valence-electron chi connectivity index (χ3n) is 3.87. The van der Waals surface area contributed by atoms with Crippen molar-refractivity contribution in [1.29, 1.82) is 0 Å². The van der Waals surface area contributed by atoms with Gasteiger partial charge in [-0.15, -0.1) is 0 Å². The average Bonchev–Trinajstić information content (AvgIpc) is 3.38. The number of carbonyl (C=O) groups excluding carboxylic acids is 1. The van der Waals surface area contributed by atoms with Gasteiger partial charge in [0, 0.05) is 24.1 Å². The maximum absolute atomic E-state index is 13.1. The molecule has 0 atom stereocenters. The summed E-state index contributed by atoms with van der Waals surface area (Å²) in [5.74, 6) is 0.671. The first-order chi connectivity index (χ1) is 12.8. The van der Waals surface area contributed by atoms with Gasteiger partial charge in [-0.05, 0) is 35.9 Å². The van der Waals surface area contributed by atoms with E-state index in [-0.39, 0.29) is 11.6 Å². The molecule has 6 nitrogen and oxygen atoms in total. The number of nitrogens with zero attached hydrogens (tertiary/aromatic N) is 3. The number of para-hydroxylation sites is 1. The second kappa shape index (κ2) is 7.06. The molecule has 1 amide bonds. The van der Waals surface area contributed by atoms with Crippen LogP contribution in [-0.2, 0) is 6.54 Å². The number of hydrogen-bond donors (Lipinski definition) is 0. The smallest absolute Gasteiger partial charge is 0.280 e. The van der Waals surface area contributed by atoms with Gasteiger partial charge in [-0.1, -0.05) is 29.4 Å². The van der Waals surface area contributed by atoms with Crippen molar-refractivity contribution >= 4 is 11.6 Å². The monoisotopic (exact) mass is 345 g/mol. The van der Waals surface area contributed by atoms with Gasteiger partial charge in [0.05, 0.1) is 12.8 Å². The Morgan fingerprint density at radius 1 is 1.00 bits per heavy atom. The minimum absolute atomic E-state index is 0.212. The fraction of sp³-hybridized carbons (Fsp3) is 0.0500. The molecule has 0 fully saturated rings. The zero-order chi connectivity index (χ0) is 17.8. The summed E-state index contributed by atoms with van der Waals surface area (Å²) in [6, 6.07) is 18.3. The number of amides is 1. The maximum Gasteiger partial charge on any atom is 0.280 e. The predicted molar refractivity (Wildman–Crippen MR) is 95.4 cm³/mol. The molecule has 0 aliphatic carbocycles. The lowest BCUT2D eigenvalue weighted by Crippen LogP contribution is -2.30. The fourth-order valence-corrected chi connectivity index (χ4v) is 2.61. The zero-order valence-corrected chi connectivity index (χ0v) is 13.8. The standard InChI is InChI=1S/C20H15N3O3/c24-20(17-12-19(26-22-17)18-9-5-11-25-18)23(16-7-2-1-3-8-16)14-15-6-4-10-21-13-15/h1-13H,14H2. The van der Waals surface area contributed by atoms with Gasteiger partial charge in [0.2, 0.25) is 5.76 Å². The summed E-state index contributed by atoms with van der Waals surface area (Å²) in [6.07, 6.45) is 4.98. The van der Waals surface area contributed by atoms with Gasteiger partial charge in [-0.25, -0.2) is 0 Å². The van der Waals surface area contributed by atoms with E-state index in [4.69, 9.17) is 8.94 Å². The van der Waals surface area contributed by atoms with Crippen LogP contribution in [0.4, 0.5) is 5.69 Å². The molecule has 0 unspecified atom stereocenters. The highest BCUT2D eigenvalue weighted by Gasteiger charge is 2.23. The van der Waals surface area contributed by atoms with Crippen LogP contribution in [0.1, 0.15) is 16.1 Å². The molecule has 0 saturated heterocycles. The third-order valence-corrected chi connectivity index (χ3v) is 3.87. The van der Waals surface area contributed by atoms with Gasteiger partial charge >= 0.3 is 0 Å². The molecule has 26 heavy (non-hydrogen) atoms. The number of hydrogen-bond acceptors (Lipinski definition) is 5. The molecule has 0 saturated carbocycles. The van der Waals surface area contributed by atoms with Crippen LogP contribution < -0.4 is 4.90 Å². The number of pyridine rings is 1. The third kappa shape index (κ3) is 3.25. The molecule has 128 valence electrons. The lowest BCUT2D eigenvalue weighted by molar-refractivity contribution is 0.0976. The van der Waals surface area contributed by atoms with Crippen molar-refractivity contribution in [2.45, 2.75) is 6.54 Å². The Balaban J connectivity index is 1.66. The van der Waals surface area contributed by atoms with Crippen molar-refractivity contribution < 1.29 is 13.7 Å². The zero-order valence-electron chi connectivity index (χ0n) is 13.8. The van der Waals surface area contributed by atoms with Crippen molar-refractivity contribution in [1.82, 2.24) is 10.1 Å². The molecule has 1 aromatic carbocycles. The van der Waals surface area contributed by atoms with Crippen LogP contribution in [0.5, 0.6) is 0 Å². The second-order valence-electron chi connectivity index (χ2n) is 5.64. The highest BCUT2D eigenvalue weighted by molar-refractivity contribution is 6.05. The summed E-state index contributed by atoms with van der Waals surface area (Å²) in [5, 5.41) is 3.92. The van der Waals surface area contributed by atoms with E-state index in [1.807, 2.05) is 42.5 Å². The molecule has 0 radical (unpaired) electrons. The Kier molecular flexibility index (Phi) is 4.30. The van der Waals surface area contributed by atoms with Crippen LogP contribution in [0, 0.1) is 0 Å². The van der Waals surface area contributed by atoms with Crippen molar-refractivity contribution in [2.75, 3.05) is 4.90 Å². The Morgan fingerprint density at radius 3 is 2.62 bits per heavy atom. The Morgan fingerprint density at radius 2 is 1.88 bits per heavy atom. The molecular weight excluding hydrogens is 330 g/mol. The van der Waals surface area contributed by atoms with Crippen LogP contribution >= 0.6 is 0 Å². The molecule has 0 aliphatic rings.